The monoisotopic (exact) mass is 397 g/mol. The molecule has 1 aromatic carbocycles. The van der Waals surface area contributed by atoms with E-state index in [1.54, 1.807) is 36.6 Å². The average molecular weight is 397 g/mol. The Balaban J connectivity index is 1.52. The van der Waals surface area contributed by atoms with Gasteiger partial charge in [-0.15, -0.1) is 11.3 Å². The summed E-state index contributed by atoms with van der Waals surface area (Å²) in [5, 5.41) is 4.41. The number of carbonyl (C=O) groups excluding carboxylic acids is 1. The minimum atomic E-state index is -3.45. The number of piperazine rings is 1. The van der Waals surface area contributed by atoms with Crippen molar-refractivity contribution >= 4 is 33.0 Å². The van der Waals surface area contributed by atoms with Crippen molar-refractivity contribution in [3.05, 3.63) is 47.1 Å². The standard InChI is InChI=1S/C17H20FN3O3S2/c1-13-4-5-14(11-15(13)18)19-16(22)12-20-6-8-21(9-7-20)26(23,24)17-3-2-10-25-17/h2-5,10-11H,6-9,12H2,1H3,(H,19,22). The lowest BCUT2D eigenvalue weighted by atomic mass is 10.2. The second kappa shape index (κ2) is 7.83. The Kier molecular flexibility index (Phi) is 5.71. The molecule has 0 saturated carbocycles. The third-order valence-corrected chi connectivity index (χ3v) is 7.51. The molecule has 0 aliphatic carbocycles. The van der Waals surface area contributed by atoms with E-state index < -0.39 is 10.0 Å². The molecular weight excluding hydrogens is 377 g/mol. The lowest BCUT2D eigenvalue weighted by molar-refractivity contribution is -0.117. The zero-order chi connectivity index (χ0) is 18.7. The number of nitrogens with zero attached hydrogens (tertiary/aromatic N) is 2. The van der Waals surface area contributed by atoms with Crippen LogP contribution in [0.15, 0.2) is 39.9 Å². The van der Waals surface area contributed by atoms with Gasteiger partial charge in [-0.1, -0.05) is 12.1 Å². The molecule has 2 heterocycles. The maximum absolute atomic E-state index is 13.5. The molecule has 140 valence electrons. The first-order chi connectivity index (χ1) is 12.4. The lowest BCUT2D eigenvalue weighted by Gasteiger charge is -2.33. The molecule has 3 rings (SSSR count). The van der Waals surface area contributed by atoms with E-state index in [0.29, 0.717) is 41.6 Å². The van der Waals surface area contributed by atoms with Crippen LogP contribution in [0.1, 0.15) is 5.56 Å². The largest absolute Gasteiger partial charge is 0.325 e. The summed E-state index contributed by atoms with van der Waals surface area (Å²) >= 11 is 1.20. The van der Waals surface area contributed by atoms with Gasteiger partial charge in [0.05, 0.1) is 6.54 Å². The molecule has 1 fully saturated rings. The normalized spacial score (nSPS) is 16.5. The van der Waals surface area contributed by atoms with Crippen LogP contribution < -0.4 is 5.32 Å². The van der Waals surface area contributed by atoms with Gasteiger partial charge in [0.25, 0.3) is 10.0 Å². The number of nitrogens with one attached hydrogen (secondary N) is 1. The topological polar surface area (TPSA) is 69.7 Å². The third-order valence-electron chi connectivity index (χ3n) is 4.24. The summed E-state index contributed by atoms with van der Waals surface area (Å²) in [5.74, 6) is -0.613. The molecule has 1 aliphatic heterocycles. The summed E-state index contributed by atoms with van der Waals surface area (Å²) in [7, 11) is -3.45. The van der Waals surface area contributed by atoms with E-state index in [4.69, 9.17) is 0 Å². The Morgan fingerprint density at radius 3 is 2.58 bits per heavy atom. The summed E-state index contributed by atoms with van der Waals surface area (Å²) < 4.78 is 40.3. The molecule has 0 bridgehead atoms. The first-order valence-electron chi connectivity index (χ1n) is 8.18. The Morgan fingerprint density at radius 1 is 1.23 bits per heavy atom. The number of sulfonamides is 1. The SMILES string of the molecule is Cc1ccc(NC(=O)CN2CCN(S(=O)(=O)c3cccs3)CC2)cc1F. The predicted molar refractivity (Wildman–Crippen MR) is 99.3 cm³/mol. The van der Waals surface area contributed by atoms with Crippen LogP contribution in [-0.2, 0) is 14.8 Å². The Bertz CT molecular complexity index is 877. The van der Waals surface area contributed by atoms with Gasteiger partial charge >= 0.3 is 0 Å². The Morgan fingerprint density at radius 2 is 1.96 bits per heavy atom. The number of halogens is 1. The van der Waals surface area contributed by atoms with Gasteiger partial charge in [0.15, 0.2) is 0 Å². The minimum Gasteiger partial charge on any atom is -0.325 e. The number of hydrogen-bond acceptors (Lipinski definition) is 5. The van der Waals surface area contributed by atoms with E-state index in [1.165, 1.54) is 21.7 Å². The van der Waals surface area contributed by atoms with Gasteiger partial charge in [-0.05, 0) is 36.1 Å². The second-order valence-electron chi connectivity index (χ2n) is 6.12. The number of carbonyl (C=O) groups is 1. The molecule has 26 heavy (non-hydrogen) atoms. The molecule has 1 N–H and O–H groups in total. The molecule has 1 saturated heterocycles. The maximum Gasteiger partial charge on any atom is 0.252 e. The summed E-state index contributed by atoms with van der Waals surface area (Å²) in [6.07, 6.45) is 0. The summed E-state index contributed by atoms with van der Waals surface area (Å²) in [6.45, 7) is 3.42. The molecule has 2 aromatic rings. The summed E-state index contributed by atoms with van der Waals surface area (Å²) in [4.78, 5) is 14.0. The molecule has 0 radical (unpaired) electrons. The van der Waals surface area contributed by atoms with Crippen LogP contribution in [-0.4, -0.2) is 56.3 Å². The highest BCUT2D eigenvalue weighted by molar-refractivity contribution is 7.91. The van der Waals surface area contributed by atoms with Crippen LogP contribution in [0.4, 0.5) is 10.1 Å². The lowest BCUT2D eigenvalue weighted by Crippen LogP contribution is -2.50. The number of benzene rings is 1. The molecular formula is C17H20FN3O3S2. The molecule has 0 spiro atoms. The highest BCUT2D eigenvalue weighted by Gasteiger charge is 2.29. The zero-order valence-corrected chi connectivity index (χ0v) is 15.9. The van der Waals surface area contributed by atoms with E-state index in [1.807, 2.05) is 4.90 Å². The van der Waals surface area contributed by atoms with Crippen LogP contribution in [0.2, 0.25) is 0 Å². The van der Waals surface area contributed by atoms with E-state index >= 15 is 0 Å². The van der Waals surface area contributed by atoms with Crippen LogP contribution in [0.25, 0.3) is 0 Å². The fourth-order valence-corrected chi connectivity index (χ4v) is 5.31. The van der Waals surface area contributed by atoms with Gasteiger partial charge in [0.2, 0.25) is 5.91 Å². The molecule has 6 nitrogen and oxygen atoms in total. The van der Waals surface area contributed by atoms with Crippen LogP contribution in [0.3, 0.4) is 0 Å². The number of rotatable bonds is 5. The smallest absolute Gasteiger partial charge is 0.252 e. The van der Waals surface area contributed by atoms with Crippen molar-refractivity contribution in [2.24, 2.45) is 0 Å². The molecule has 0 unspecified atom stereocenters. The third kappa shape index (κ3) is 4.29. The van der Waals surface area contributed by atoms with Crippen LogP contribution in [0.5, 0.6) is 0 Å². The summed E-state index contributed by atoms with van der Waals surface area (Å²) in [6, 6.07) is 7.87. The van der Waals surface area contributed by atoms with Gasteiger partial charge in [0.1, 0.15) is 10.0 Å². The highest BCUT2D eigenvalue weighted by atomic mass is 32.2. The number of thiophene rings is 1. The zero-order valence-electron chi connectivity index (χ0n) is 14.3. The second-order valence-corrected chi connectivity index (χ2v) is 9.24. The fourth-order valence-electron chi connectivity index (χ4n) is 2.74. The van der Waals surface area contributed by atoms with Crippen molar-refractivity contribution < 1.29 is 17.6 Å². The number of anilines is 1. The molecule has 1 amide bonds. The maximum atomic E-state index is 13.5. The van der Waals surface area contributed by atoms with Crippen molar-refractivity contribution in [2.45, 2.75) is 11.1 Å². The van der Waals surface area contributed by atoms with E-state index in [9.17, 15) is 17.6 Å². The first kappa shape index (κ1) is 19.0. The van der Waals surface area contributed by atoms with Crippen LogP contribution >= 0.6 is 11.3 Å². The Labute approximate surface area is 156 Å². The van der Waals surface area contributed by atoms with Crippen molar-refractivity contribution in [2.75, 3.05) is 38.0 Å². The summed E-state index contributed by atoms with van der Waals surface area (Å²) in [5.41, 5.74) is 0.933. The van der Waals surface area contributed by atoms with E-state index in [-0.39, 0.29) is 18.3 Å². The van der Waals surface area contributed by atoms with Gasteiger partial charge < -0.3 is 5.32 Å². The van der Waals surface area contributed by atoms with Gasteiger partial charge in [-0.3, -0.25) is 9.69 Å². The fraction of sp³-hybridized carbons (Fsp3) is 0.353. The van der Waals surface area contributed by atoms with Crippen molar-refractivity contribution in [1.82, 2.24) is 9.21 Å². The average Bonchev–Trinajstić information content (AvgIpc) is 3.14. The number of aryl methyl sites for hydroxylation is 1. The highest BCUT2D eigenvalue weighted by Crippen LogP contribution is 2.22. The molecule has 1 aliphatic rings. The number of amides is 1. The Hall–Kier alpha value is -1.81. The van der Waals surface area contributed by atoms with E-state index in [0.717, 1.165) is 0 Å². The quantitative estimate of drug-likeness (QED) is 0.839. The van der Waals surface area contributed by atoms with Crippen molar-refractivity contribution in [3.63, 3.8) is 0 Å². The van der Waals surface area contributed by atoms with Gasteiger partial charge in [-0.2, -0.15) is 4.31 Å². The molecule has 1 aromatic heterocycles. The molecule has 9 heteroatoms. The van der Waals surface area contributed by atoms with Gasteiger partial charge in [-0.25, -0.2) is 12.8 Å². The van der Waals surface area contributed by atoms with Crippen LogP contribution in [0, 0.1) is 12.7 Å². The minimum absolute atomic E-state index is 0.141. The van der Waals surface area contributed by atoms with Crippen molar-refractivity contribution in [3.8, 4) is 0 Å². The molecule has 0 atom stereocenters. The number of hydrogen-bond donors (Lipinski definition) is 1. The first-order valence-corrected chi connectivity index (χ1v) is 10.5. The van der Waals surface area contributed by atoms with Gasteiger partial charge in [0, 0.05) is 31.9 Å². The van der Waals surface area contributed by atoms with Crippen molar-refractivity contribution in [1.29, 1.82) is 0 Å². The van der Waals surface area contributed by atoms with E-state index in [2.05, 4.69) is 5.32 Å². The predicted octanol–water partition coefficient (Wildman–Crippen LogP) is 2.14.